The van der Waals surface area contributed by atoms with Crippen LogP contribution in [0.5, 0.6) is 0 Å². The fourth-order valence-electron chi connectivity index (χ4n) is 3.03. The third-order valence-corrected chi connectivity index (χ3v) is 6.23. The van der Waals surface area contributed by atoms with E-state index in [-0.39, 0.29) is 35.3 Å². The number of halogens is 3. The summed E-state index contributed by atoms with van der Waals surface area (Å²) in [5, 5.41) is 5.38. The first kappa shape index (κ1) is 26.6. The third kappa shape index (κ3) is 6.16. The number of primary amides is 1. The number of nitrogens with one attached hydrogen (secondary N) is 2. The number of carbonyl (C=O) groups is 1. The Balaban J connectivity index is 1.97. The zero-order valence-corrected chi connectivity index (χ0v) is 20.5. The highest BCUT2D eigenvalue weighted by atomic mass is 32.2. The number of benzene rings is 1. The molecule has 0 aliphatic carbocycles. The van der Waals surface area contributed by atoms with Gasteiger partial charge in [0.25, 0.3) is 0 Å². The molecule has 2 aromatic heterocycles. The molecule has 0 unspecified atom stereocenters. The topological polar surface area (TPSA) is 156 Å². The van der Waals surface area contributed by atoms with Crippen molar-refractivity contribution in [2.45, 2.75) is 26.6 Å². The lowest BCUT2D eigenvalue weighted by Crippen LogP contribution is -2.28. The fourth-order valence-corrected chi connectivity index (χ4v) is 3.50. The van der Waals surface area contributed by atoms with Crippen molar-refractivity contribution in [3.63, 3.8) is 0 Å². The number of anilines is 4. The summed E-state index contributed by atoms with van der Waals surface area (Å²) in [4.78, 5) is 27.3. The molecule has 0 fully saturated rings. The summed E-state index contributed by atoms with van der Waals surface area (Å²) in [6.45, 7) is 2.99. The highest BCUT2D eigenvalue weighted by molar-refractivity contribution is 7.92. The first-order valence-corrected chi connectivity index (χ1v) is 12.1. The molecule has 15 heteroatoms. The van der Waals surface area contributed by atoms with Crippen molar-refractivity contribution < 1.29 is 26.4 Å². The summed E-state index contributed by atoms with van der Waals surface area (Å²) in [6, 6.07) is 4.56. The maximum Gasteiger partial charge on any atom is 0.421 e. The molecule has 0 atom stereocenters. The van der Waals surface area contributed by atoms with Gasteiger partial charge in [-0.25, -0.2) is 23.4 Å². The molecule has 4 N–H and O–H groups in total. The largest absolute Gasteiger partial charge is 0.421 e. The van der Waals surface area contributed by atoms with Crippen LogP contribution in [0.4, 0.5) is 36.4 Å². The number of carbonyl (C=O) groups excluding carboxylic acids is 1. The molecule has 3 aromatic rings. The van der Waals surface area contributed by atoms with Crippen LogP contribution in [0.1, 0.15) is 32.9 Å². The summed E-state index contributed by atoms with van der Waals surface area (Å²) in [5.74, 6) is -1.12. The predicted octanol–water partition coefficient (Wildman–Crippen LogP) is 2.75. The van der Waals surface area contributed by atoms with Gasteiger partial charge in [0, 0.05) is 42.8 Å². The van der Waals surface area contributed by atoms with E-state index in [9.17, 15) is 26.4 Å². The maximum absolute atomic E-state index is 13.7. The first-order valence-electron chi connectivity index (χ1n) is 10.3. The van der Waals surface area contributed by atoms with Crippen LogP contribution in [0.15, 0.2) is 30.6 Å². The number of aryl methyl sites for hydroxylation is 2. The summed E-state index contributed by atoms with van der Waals surface area (Å²) < 4.78 is 65.9. The fraction of sp³-hybridized carbons (Fsp3) is 0.286. The molecule has 11 nitrogen and oxygen atoms in total. The molecule has 192 valence electrons. The van der Waals surface area contributed by atoms with Gasteiger partial charge in [-0.05, 0) is 31.5 Å². The standard InChI is InChI=1S/C21H23F3N8O3S/c1-11-5-6-13(17(25)33)7-16(11)30-20-28-10-15(21(22,23)24)18(31-20)27-9-14-8-26-12(2)29-19(14)32(3)36(4,34)35/h5-8,10H,9H2,1-4H3,(H2,25,33)(H2,27,28,30,31). The minimum absolute atomic E-state index is 0.0114. The molecule has 2 heterocycles. The Labute approximate surface area is 205 Å². The molecule has 0 spiro atoms. The summed E-state index contributed by atoms with van der Waals surface area (Å²) in [6.07, 6.45) is -1.88. The number of aromatic nitrogens is 4. The van der Waals surface area contributed by atoms with E-state index >= 15 is 0 Å². The lowest BCUT2D eigenvalue weighted by atomic mass is 10.1. The maximum atomic E-state index is 13.7. The second-order valence-corrected chi connectivity index (χ2v) is 9.84. The number of nitrogens with two attached hydrogens (primary N) is 1. The molecule has 0 radical (unpaired) electrons. The van der Waals surface area contributed by atoms with Crippen LogP contribution in [0, 0.1) is 13.8 Å². The van der Waals surface area contributed by atoms with E-state index in [2.05, 4.69) is 30.6 Å². The normalized spacial score (nSPS) is 11.8. The van der Waals surface area contributed by atoms with Crippen LogP contribution in [0.2, 0.25) is 0 Å². The number of sulfonamides is 1. The summed E-state index contributed by atoms with van der Waals surface area (Å²) >= 11 is 0. The van der Waals surface area contributed by atoms with Crippen LogP contribution in [-0.4, -0.2) is 47.6 Å². The Morgan fingerprint density at radius 2 is 1.83 bits per heavy atom. The SMILES string of the molecule is Cc1ncc(CNc2nc(Nc3cc(C(N)=O)ccc3C)ncc2C(F)(F)F)c(N(C)S(C)(=O)=O)n1. The highest BCUT2D eigenvalue weighted by Crippen LogP contribution is 2.35. The third-order valence-electron chi connectivity index (χ3n) is 5.07. The van der Waals surface area contributed by atoms with Crippen molar-refractivity contribution in [3.8, 4) is 0 Å². The van der Waals surface area contributed by atoms with Gasteiger partial charge in [0.1, 0.15) is 17.2 Å². The Hall–Kier alpha value is -4.01. The van der Waals surface area contributed by atoms with Gasteiger partial charge >= 0.3 is 6.18 Å². The number of amides is 1. The Morgan fingerprint density at radius 3 is 2.44 bits per heavy atom. The molecule has 0 aliphatic rings. The average Bonchev–Trinajstić information content (AvgIpc) is 2.77. The van der Waals surface area contributed by atoms with Gasteiger partial charge in [-0.3, -0.25) is 9.10 Å². The molecule has 1 amide bonds. The smallest absolute Gasteiger partial charge is 0.366 e. The van der Waals surface area contributed by atoms with E-state index in [0.29, 0.717) is 17.4 Å². The van der Waals surface area contributed by atoms with E-state index in [1.807, 2.05) is 0 Å². The van der Waals surface area contributed by atoms with Crippen molar-refractivity contribution >= 4 is 39.2 Å². The van der Waals surface area contributed by atoms with Crippen LogP contribution in [0.25, 0.3) is 0 Å². The lowest BCUT2D eigenvalue weighted by Gasteiger charge is -2.20. The number of nitrogens with zero attached hydrogens (tertiary/aromatic N) is 5. The molecular weight excluding hydrogens is 501 g/mol. The molecule has 0 bridgehead atoms. The van der Waals surface area contributed by atoms with Gasteiger partial charge in [-0.15, -0.1) is 0 Å². The number of alkyl halides is 3. The average molecular weight is 525 g/mol. The highest BCUT2D eigenvalue weighted by Gasteiger charge is 2.35. The predicted molar refractivity (Wildman–Crippen MR) is 127 cm³/mol. The lowest BCUT2D eigenvalue weighted by molar-refractivity contribution is -0.137. The van der Waals surface area contributed by atoms with Crippen molar-refractivity contribution in [2.75, 3.05) is 28.2 Å². The summed E-state index contributed by atoms with van der Waals surface area (Å²) in [7, 11) is -2.42. The van der Waals surface area contributed by atoms with Gasteiger partial charge < -0.3 is 16.4 Å². The summed E-state index contributed by atoms with van der Waals surface area (Å²) in [5.41, 5.74) is 5.62. The van der Waals surface area contributed by atoms with Crippen LogP contribution < -0.4 is 20.7 Å². The second kappa shape index (κ2) is 9.93. The van der Waals surface area contributed by atoms with Crippen molar-refractivity contribution in [1.82, 2.24) is 19.9 Å². The molecule has 0 aliphatic heterocycles. The van der Waals surface area contributed by atoms with Crippen molar-refractivity contribution in [1.29, 1.82) is 0 Å². The number of hydrogen-bond acceptors (Lipinski definition) is 9. The van der Waals surface area contributed by atoms with E-state index < -0.39 is 33.5 Å². The van der Waals surface area contributed by atoms with Crippen LogP contribution in [0.3, 0.4) is 0 Å². The Kier molecular flexibility index (Phi) is 7.33. The van der Waals surface area contributed by atoms with Crippen LogP contribution >= 0.6 is 0 Å². The van der Waals surface area contributed by atoms with E-state index in [1.54, 1.807) is 19.9 Å². The Morgan fingerprint density at radius 1 is 1.14 bits per heavy atom. The molecule has 0 saturated carbocycles. The zero-order chi connectivity index (χ0) is 26.8. The first-order chi connectivity index (χ1) is 16.7. The minimum Gasteiger partial charge on any atom is -0.366 e. The van der Waals surface area contributed by atoms with E-state index in [1.165, 1.54) is 25.4 Å². The van der Waals surface area contributed by atoms with E-state index in [0.717, 1.165) is 10.6 Å². The van der Waals surface area contributed by atoms with Crippen molar-refractivity contribution in [2.24, 2.45) is 5.73 Å². The van der Waals surface area contributed by atoms with E-state index in [4.69, 9.17) is 5.73 Å². The molecule has 36 heavy (non-hydrogen) atoms. The second-order valence-electron chi connectivity index (χ2n) is 7.82. The van der Waals surface area contributed by atoms with Crippen molar-refractivity contribution in [3.05, 3.63) is 58.7 Å². The molecule has 1 aromatic carbocycles. The van der Waals surface area contributed by atoms with Crippen LogP contribution in [-0.2, 0) is 22.7 Å². The Bertz CT molecular complexity index is 1410. The van der Waals surface area contributed by atoms with Gasteiger partial charge in [0.15, 0.2) is 5.82 Å². The molecular formula is C21H23F3N8O3S. The van der Waals surface area contributed by atoms with Gasteiger partial charge in [0.05, 0.1) is 6.26 Å². The quantitative estimate of drug-likeness (QED) is 0.403. The number of hydrogen-bond donors (Lipinski definition) is 3. The molecule has 3 rings (SSSR count). The number of rotatable bonds is 8. The monoisotopic (exact) mass is 524 g/mol. The van der Waals surface area contributed by atoms with Gasteiger partial charge in [-0.2, -0.15) is 18.2 Å². The zero-order valence-electron chi connectivity index (χ0n) is 19.7. The minimum atomic E-state index is -4.78. The molecule has 0 saturated heterocycles. The van der Waals surface area contributed by atoms with Gasteiger partial charge in [0.2, 0.25) is 21.9 Å². The van der Waals surface area contributed by atoms with Gasteiger partial charge in [-0.1, -0.05) is 6.07 Å².